The zero-order chi connectivity index (χ0) is 15.1. The van der Waals surface area contributed by atoms with Crippen molar-refractivity contribution in [1.29, 1.82) is 0 Å². The molecular formula is C18H25N3O. The smallest absolute Gasteiger partial charge is 0.319 e. The summed E-state index contributed by atoms with van der Waals surface area (Å²) in [6.45, 7) is 1.12. The summed E-state index contributed by atoms with van der Waals surface area (Å²) >= 11 is 0. The lowest BCUT2D eigenvalue weighted by atomic mass is 10.0. The van der Waals surface area contributed by atoms with Crippen LogP contribution in [0, 0.1) is 11.8 Å². The molecule has 2 saturated carbocycles. The van der Waals surface area contributed by atoms with Crippen LogP contribution in [0.4, 0.5) is 16.2 Å². The average molecular weight is 299 g/mol. The first-order valence-corrected chi connectivity index (χ1v) is 8.62. The van der Waals surface area contributed by atoms with Crippen molar-refractivity contribution in [2.45, 2.75) is 44.6 Å². The van der Waals surface area contributed by atoms with Gasteiger partial charge in [-0.05, 0) is 74.1 Å². The van der Waals surface area contributed by atoms with Gasteiger partial charge in [-0.15, -0.1) is 0 Å². The molecule has 1 aliphatic heterocycles. The lowest BCUT2D eigenvalue weighted by molar-refractivity contribution is 0.245. The molecule has 0 spiro atoms. The molecule has 4 heteroatoms. The van der Waals surface area contributed by atoms with Gasteiger partial charge >= 0.3 is 6.03 Å². The maximum Gasteiger partial charge on any atom is 0.319 e. The van der Waals surface area contributed by atoms with Gasteiger partial charge in [0.05, 0.1) is 0 Å². The van der Waals surface area contributed by atoms with Crippen molar-refractivity contribution < 1.29 is 4.79 Å². The predicted molar refractivity (Wildman–Crippen MR) is 89.4 cm³/mol. The summed E-state index contributed by atoms with van der Waals surface area (Å²) in [5, 5.41) is 6.25. The Bertz CT molecular complexity index is 566. The number of hydrogen-bond donors (Lipinski definition) is 2. The van der Waals surface area contributed by atoms with E-state index >= 15 is 0 Å². The van der Waals surface area contributed by atoms with Crippen LogP contribution in [-0.4, -0.2) is 25.7 Å². The van der Waals surface area contributed by atoms with E-state index in [-0.39, 0.29) is 6.03 Å². The summed E-state index contributed by atoms with van der Waals surface area (Å²) in [4.78, 5) is 14.6. The maximum atomic E-state index is 12.3. The molecule has 4 rings (SSSR count). The molecule has 0 unspecified atom stereocenters. The number of carbonyl (C=O) groups excluding carboxylic acids is 1. The SMILES string of the molecule is CN1CCCc2cc(NC(=O)NC(C3CC3)C3CC3)ccc21. The molecule has 4 nitrogen and oxygen atoms in total. The van der Waals surface area contributed by atoms with Crippen LogP contribution in [0.25, 0.3) is 0 Å². The summed E-state index contributed by atoms with van der Waals surface area (Å²) in [5.74, 6) is 1.46. The van der Waals surface area contributed by atoms with Gasteiger partial charge in [0.15, 0.2) is 0 Å². The van der Waals surface area contributed by atoms with Gasteiger partial charge < -0.3 is 15.5 Å². The van der Waals surface area contributed by atoms with Gasteiger partial charge in [-0.3, -0.25) is 0 Å². The molecule has 2 N–H and O–H groups in total. The van der Waals surface area contributed by atoms with Gasteiger partial charge in [0.1, 0.15) is 0 Å². The number of amides is 2. The second kappa shape index (κ2) is 5.49. The molecule has 2 fully saturated rings. The molecule has 2 amide bonds. The molecule has 1 heterocycles. The van der Waals surface area contributed by atoms with Crippen LogP contribution >= 0.6 is 0 Å². The molecular weight excluding hydrogens is 274 g/mol. The van der Waals surface area contributed by atoms with E-state index in [0.717, 1.165) is 30.5 Å². The van der Waals surface area contributed by atoms with Crippen molar-refractivity contribution in [3.63, 3.8) is 0 Å². The summed E-state index contributed by atoms with van der Waals surface area (Å²) in [5.41, 5.74) is 3.55. The van der Waals surface area contributed by atoms with Crippen LogP contribution in [0.1, 0.15) is 37.7 Å². The Kier molecular flexibility index (Phi) is 3.47. The highest BCUT2D eigenvalue weighted by Gasteiger charge is 2.42. The third-order valence-corrected chi connectivity index (χ3v) is 5.25. The number of hydrogen-bond acceptors (Lipinski definition) is 2. The normalized spacial score (nSPS) is 20.7. The molecule has 0 bridgehead atoms. The number of nitrogens with one attached hydrogen (secondary N) is 2. The van der Waals surface area contributed by atoms with Crippen molar-refractivity contribution in [1.82, 2.24) is 5.32 Å². The van der Waals surface area contributed by atoms with Crippen LogP contribution in [-0.2, 0) is 6.42 Å². The van der Waals surface area contributed by atoms with E-state index in [9.17, 15) is 4.79 Å². The molecule has 1 aromatic carbocycles. The highest BCUT2D eigenvalue weighted by molar-refractivity contribution is 5.90. The standard InChI is InChI=1S/C18H25N3O/c1-21-10-2-3-14-11-15(8-9-16(14)21)19-18(22)20-17(12-4-5-12)13-6-7-13/h8-9,11-13,17H,2-7,10H2,1H3,(H2,19,20,22). The highest BCUT2D eigenvalue weighted by atomic mass is 16.2. The molecule has 2 aliphatic carbocycles. The van der Waals surface area contributed by atoms with Crippen molar-refractivity contribution in [2.24, 2.45) is 11.8 Å². The molecule has 118 valence electrons. The Labute approximate surface area is 132 Å². The number of aryl methyl sites for hydroxylation is 1. The van der Waals surface area contributed by atoms with E-state index in [1.54, 1.807) is 0 Å². The van der Waals surface area contributed by atoms with Crippen LogP contribution in [0.2, 0.25) is 0 Å². The van der Waals surface area contributed by atoms with E-state index in [1.807, 2.05) is 6.07 Å². The van der Waals surface area contributed by atoms with Crippen LogP contribution in [0.5, 0.6) is 0 Å². The first kappa shape index (κ1) is 13.9. The third kappa shape index (κ3) is 2.92. The quantitative estimate of drug-likeness (QED) is 0.895. The zero-order valence-corrected chi connectivity index (χ0v) is 13.3. The van der Waals surface area contributed by atoms with E-state index < -0.39 is 0 Å². The van der Waals surface area contributed by atoms with Crippen molar-refractivity contribution in [3.05, 3.63) is 23.8 Å². The first-order chi connectivity index (χ1) is 10.7. The number of rotatable bonds is 4. The topological polar surface area (TPSA) is 44.4 Å². The van der Waals surface area contributed by atoms with E-state index in [1.165, 1.54) is 43.4 Å². The second-order valence-electron chi connectivity index (χ2n) is 7.17. The largest absolute Gasteiger partial charge is 0.374 e. The molecule has 0 radical (unpaired) electrons. The van der Waals surface area contributed by atoms with Crippen LogP contribution in [0.15, 0.2) is 18.2 Å². The number of urea groups is 1. The van der Waals surface area contributed by atoms with Gasteiger partial charge in [0.2, 0.25) is 0 Å². The molecule has 22 heavy (non-hydrogen) atoms. The molecule has 1 aromatic rings. The number of carbonyl (C=O) groups is 1. The van der Waals surface area contributed by atoms with E-state index in [2.05, 4.69) is 34.7 Å². The zero-order valence-electron chi connectivity index (χ0n) is 13.3. The van der Waals surface area contributed by atoms with Crippen molar-refractivity contribution in [3.8, 4) is 0 Å². The Hall–Kier alpha value is -1.71. The summed E-state index contributed by atoms with van der Waals surface area (Å²) in [7, 11) is 2.13. The highest BCUT2D eigenvalue weighted by Crippen LogP contribution is 2.44. The van der Waals surface area contributed by atoms with Gasteiger partial charge in [-0.2, -0.15) is 0 Å². The molecule has 0 saturated heterocycles. The maximum absolute atomic E-state index is 12.3. The summed E-state index contributed by atoms with van der Waals surface area (Å²) < 4.78 is 0. The van der Waals surface area contributed by atoms with E-state index in [0.29, 0.717) is 6.04 Å². The number of benzene rings is 1. The fourth-order valence-corrected chi connectivity index (χ4v) is 3.71. The van der Waals surface area contributed by atoms with E-state index in [4.69, 9.17) is 0 Å². The number of nitrogens with zero attached hydrogens (tertiary/aromatic N) is 1. The third-order valence-electron chi connectivity index (χ3n) is 5.25. The number of fused-ring (bicyclic) bond motifs is 1. The van der Waals surface area contributed by atoms with Crippen molar-refractivity contribution in [2.75, 3.05) is 23.8 Å². The monoisotopic (exact) mass is 299 g/mol. The lowest BCUT2D eigenvalue weighted by Crippen LogP contribution is -2.40. The summed E-state index contributed by atoms with van der Waals surface area (Å²) in [6, 6.07) is 6.65. The Morgan fingerprint density at radius 3 is 2.64 bits per heavy atom. The fraction of sp³-hybridized carbons (Fsp3) is 0.611. The number of anilines is 2. The molecule has 0 atom stereocenters. The van der Waals surface area contributed by atoms with Gasteiger partial charge in [0, 0.05) is 31.0 Å². The lowest BCUT2D eigenvalue weighted by Gasteiger charge is -2.28. The minimum absolute atomic E-state index is 0.0343. The van der Waals surface area contributed by atoms with Gasteiger partial charge in [0.25, 0.3) is 0 Å². The van der Waals surface area contributed by atoms with Crippen molar-refractivity contribution >= 4 is 17.4 Å². The Morgan fingerprint density at radius 2 is 1.95 bits per heavy atom. The van der Waals surface area contributed by atoms with Crippen LogP contribution < -0.4 is 15.5 Å². The predicted octanol–water partition coefficient (Wildman–Crippen LogP) is 3.38. The average Bonchev–Trinajstić information content (AvgIpc) is 3.38. The minimum atomic E-state index is -0.0343. The summed E-state index contributed by atoms with van der Waals surface area (Å²) in [6.07, 6.45) is 7.42. The van der Waals surface area contributed by atoms with Gasteiger partial charge in [-0.25, -0.2) is 4.79 Å². The Balaban J connectivity index is 1.41. The Morgan fingerprint density at radius 1 is 1.23 bits per heavy atom. The molecule has 3 aliphatic rings. The fourth-order valence-electron chi connectivity index (χ4n) is 3.71. The van der Waals surface area contributed by atoms with Crippen LogP contribution in [0.3, 0.4) is 0 Å². The first-order valence-electron chi connectivity index (χ1n) is 8.62. The second-order valence-corrected chi connectivity index (χ2v) is 7.17. The van der Waals surface area contributed by atoms with Gasteiger partial charge in [-0.1, -0.05) is 0 Å². The molecule has 0 aromatic heterocycles. The minimum Gasteiger partial charge on any atom is -0.374 e.